The lowest BCUT2D eigenvalue weighted by Gasteiger charge is -2.26. The molecule has 0 saturated heterocycles. The lowest BCUT2D eigenvalue weighted by atomic mass is 9.93. The predicted molar refractivity (Wildman–Crippen MR) is 60.7 cm³/mol. The zero-order chi connectivity index (χ0) is 10.5. The Morgan fingerprint density at radius 2 is 2.00 bits per heavy atom. The smallest absolute Gasteiger partial charge is 0.238 e. The molecule has 0 atom stereocenters. The summed E-state index contributed by atoms with van der Waals surface area (Å²) in [6.07, 6.45) is 3.70. The van der Waals surface area contributed by atoms with Crippen molar-refractivity contribution in [1.29, 1.82) is 0 Å². The van der Waals surface area contributed by atoms with Gasteiger partial charge in [0.05, 0.1) is 6.54 Å². The number of carbonyl (C=O) groups excluding carboxylic acids is 1. The largest absolute Gasteiger partial charge is 0.325 e. The van der Waals surface area contributed by atoms with Crippen LogP contribution in [-0.4, -0.2) is 18.5 Å². The van der Waals surface area contributed by atoms with E-state index in [1.54, 1.807) is 0 Å². The Balaban J connectivity index is 1.72. The monoisotopic (exact) mass is 204 g/mol. The third-order valence-electron chi connectivity index (χ3n) is 2.71. The minimum atomic E-state index is 0.0353. The maximum absolute atomic E-state index is 11.5. The molecule has 1 aromatic carbocycles. The number of anilines is 1. The zero-order valence-corrected chi connectivity index (χ0v) is 8.70. The van der Waals surface area contributed by atoms with Gasteiger partial charge < -0.3 is 10.6 Å². The fourth-order valence-corrected chi connectivity index (χ4v) is 1.58. The first-order chi connectivity index (χ1) is 7.34. The van der Waals surface area contributed by atoms with E-state index in [-0.39, 0.29) is 5.91 Å². The van der Waals surface area contributed by atoms with E-state index < -0.39 is 0 Å². The SMILES string of the molecule is O=C(CNC1CCC1)Nc1ccccc1. The van der Waals surface area contributed by atoms with Crippen LogP contribution in [0.3, 0.4) is 0 Å². The Morgan fingerprint density at radius 3 is 2.60 bits per heavy atom. The summed E-state index contributed by atoms with van der Waals surface area (Å²) in [6.45, 7) is 0.416. The summed E-state index contributed by atoms with van der Waals surface area (Å²) in [6, 6.07) is 10.1. The van der Waals surface area contributed by atoms with E-state index in [9.17, 15) is 4.79 Å². The number of hydrogen-bond donors (Lipinski definition) is 2. The van der Waals surface area contributed by atoms with Crippen molar-refractivity contribution >= 4 is 11.6 Å². The number of amides is 1. The third-order valence-corrected chi connectivity index (χ3v) is 2.71. The Bertz CT molecular complexity index is 320. The first-order valence-corrected chi connectivity index (χ1v) is 5.43. The highest BCUT2D eigenvalue weighted by Gasteiger charge is 2.17. The lowest BCUT2D eigenvalue weighted by Crippen LogP contribution is -2.40. The van der Waals surface area contributed by atoms with E-state index in [0.29, 0.717) is 12.6 Å². The average Bonchev–Trinajstić information content (AvgIpc) is 2.17. The van der Waals surface area contributed by atoms with Crippen LogP contribution in [0, 0.1) is 0 Å². The van der Waals surface area contributed by atoms with Gasteiger partial charge in [-0.2, -0.15) is 0 Å². The maximum Gasteiger partial charge on any atom is 0.238 e. The van der Waals surface area contributed by atoms with Crippen LogP contribution >= 0.6 is 0 Å². The fourth-order valence-electron chi connectivity index (χ4n) is 1.58. The molecule has 80 valence electrons. The van der Waals surface area contributed by atoms with E-state index in [2.05, 4.69) is 10.6 Å². The number of nitrogens with one attached hydrogen (secondary N) is 2. The molecule has 0 aliphatic heterocycles. The van der Waals surface area contributed by atoms with E-state index >= 15 is 0 Å². The molecule has 3 heteroatoms. The minimum Gasteiger partial charge on any atom is -0.325 e. The zero-order valence-electron chi connectivity index (χ0n) is 8.70. The van der Waals surface area contributed by atoms with Crippen LogP contribution < -0.4 is 10.6 Å². The van der Waals surface area contributed by atoms with Crippen LogP contribution in [0.2, 0.25) is 0 Å². The molecule has 2 rings (SSSR count). The molecule has 0 unspecified atom stereocenters. The summed E-state index contributed by atoms with van der Waals surface area (Å²) in [7, 11) is 0. The van der Waals surface area contributed by atoms with E-state index in [1.165, 1.54) is 19.3 Å². The van der Waals surface area contributed by atoms with E-state index in [1.807, 2.05) is 30.3 Å². The molecule has 15 heavy (non-hydrogen) atoms. The first-order valence-electron chi connectivity index (χ1n) is 5.43. The van der Waals surface area contributed by atoms with Crippen LogP contribution in [0.25, 0.3) is 0 Å². The van der Waals surface area contributed by atoms with E-state index in [4.69, 9.17) is 0 Å². The lowest BCUT2D eigenvalue weighted by molar-refractivity contribution is -0.115. The number of carbonyl (C=O) groups is 1. The van der Waals surface area contributed by atoms with Crippen molar-refractivity contribution in [3.05, 3.63) is 30.3 Å². The van der Waals surface area contributed by atoms with Crippen LogP contribution in [0.4, 0.5) is 5.69 Å². The highest BCUT2D eigenvalue weighted by atomic mass is 16.1. The van der Waals surface area contributed by atoms with Crippen molar-refractivity contribution in [2.75, 3.05) is 11.9 Å². The molecule has 1 saturated carbocycles. The summed E-state index contributed by atoms with van der Waals surface area (Å²) < 4.78 is 0. The van der Waals surface area contributed by atoms with Crippen LogP contribution in [0.5, 0.6) is 0 Å². The van der Waals surface area contributed by atoms with Crippen molar-refractivity contribution in [3.8, 4) is 0 Å². The van der Waals surface area contributed by atoms with Gasteiger partial charge in [-0.25, -0.2) is 0 Å². The molecule has 1 aliphatic rings. The second-order valence-corrected chi connectivity index (χ2v) is 3.92. The summed E-state index contributed by atoms with van der Waals surface area (Å²) in [5.74, 6) is 0.0353. The molecule has 0 aromatic heterocycles. The normalized spacial score (nSPS) is 15.7. The number of para-hydroxylation sites is 1. The molecule has 1 amide bonds. The van der Waals surface area contributed by atoms with Gasteiger partial charge in [0.15, 0.2) is 0 Å². The quantitative estimate of drug-likeness (QED) is 0.784. The number of benzene rings is 1. The second kappa shape index (κ2) is 4.94. The molecular formula is C12H16N2O. The Kier molecular flexibility index (Phi) is 3.35. The molecule has 3 nitrogen and oxygen atoms in total. The van der Waals surface area contributed by atoms with Gasteiger partial charge in [-0.3, -0.25) is 4.79 Å². The van der Waals surface area contributed by atoms with Crippen LogP contribution in [0.15, 0.2) is 30.3 Å². The van der Waals surface area contributed by atoms with Gasteiger partial charge in [-0.05, 0) is 25.0 Å². The highest BCUT2D eigenvalue weighted by Crippen LogP contribution is 2.17. The maximum atomic E-state index is 11.5. The molecular weight excluding hydrogens is 188 g/mol. The van der Waals surface area contributed by atoms with Gasteiger partial charge in [-0.1, -0.05) is 24.6 Å². The predicted octanol–water partition coefficient (Wildman–Crippen LogP) is 1.77. The van der Waals surface area contributed by atoms with Crippen molar-refractivity contribution in [3.63, 3.8) is 0 Å². The molecule has 0 radical (unpaired) electrons. The van der Waals surface area contributed by atoms with Crippen molar-refractivity contribution in [1.82, 2.24) is 5.32 Å². The van der Waals surface area contributed by atoms with Gasteiger partial charge >= 0.3 is 0 Å². The fraction of sp³-hybridized carbons (Fsp3) is 0.417. The molecule has 1 aromatic rings. The Morgan fingerprint density at radius 1 is 1.27 bits per heavy atom. The molecule has 0 heterocycles. The van der Waals surface area contributed by atoms with E-state index in [0.717, 1.165) is 5.69 Å². The van der Waals surface area contributed by atoms with Crippen molar-refractivity contribution < 1.29 is 4.79 Å². The number of hydrogen-bond acceptors (Lipinski definition) is 2. The van der Waals surface area contributed by atoms with Crippen LogP contribution in [0.1, 0.15) is 19.3 Å². The summed E-state index contributed by atoms with van der Waals surface area (Å²) in [5, 5.41) is 6.07. The summed E-state index contributed by atoms with van der Waals surface area (Å²) >= 11 is 0. The topological polar surface area (TPSA) is 41.1 Å². The Hall–Kier alpha value is -1.35. The second-order valence-electron chi connectivity index (χ2n) is 3.92. The van der Waals surface area contributed by atoms with Gasteiger partial charge in [0.2, 0.25) is 5.91 Å². The average molecular weight is 204 g/mol. The van der Waals surface area contributed by atoms with Crippen LogP contribution in [-0.2, 0) is 4.79 Å². The Labute approximate surface area is 89.9 Å². The molecule has 1 fully saturated rings. The minimum absolute atomic E-state index is 0.0353. The molecule has 0 spiro atoms. The van der Waals surface area contributed by atoms with Gasteiger partial charge in [-0.15, -0.1) is 0 Å². The van der Waals surface area contributed by atoms with Crippen molar-refractivity contribution in [2.45, 2.75) is 25.3 Å². The van der Waals surface area contributed by atoms with Gasteiger partial charge in [0.25, 0.3) is 0 Å². The third kappa shape index (κ3) is 3.06. The van der Waals surface area contributed by atoms with Gasteiger partial charge in [0.1, 0.15) is 0 Å². The number of rotatable bonds is 4. The standard InChI is InChI=1S/C12H16N2O/c15-12(9-13-10-7-4-8-10)14-11-5-2-1-3-6-11/h1-3,5-6,10,13H,4,7-9H2,(H,14,15). The summed E-state index contributed by atoms with van der Waals surface area (Å²) in [4.78, 5) is 11.5. The van der Waals surface area contributed by atoms with Crippen molar-refractivity contribution in [2.24, 2.45) is 0 Å². The first kappa shape index (κ1) is 10.2. The van der Waals surface area contributed by atoms with Gasteiger partial charge in [0, 0.05) is 11.7 Å². The molecule has 0 bridgehead atoms. The molecule has 2 N–H and O–H groups in total. The highest BCUT2D eigenvalue weighted by molar-refractivity contribution is 5.92. The summed E-state index contributed by atoms with van der Waals surface area (Å²) in [5.41, 5.74) is 0.859. The molecule has 1 aliphatic carbocycles.